The fourth-order valence-corrected chi connectivity index (χ4v) is 3.01. The van der Waals surface area contributed by atoms with Crippen molar-refractivity contribution in [1.29, 1.82) is 5.26 Å². The molecule has 2 amide bonds. The van der Waals surface area contributed by atoms with Crippen molar-refractivity contribution >= 4 is 6.03 Å². The van der Waals surface area contributed by atoms with Gasteiger partial charge in [-0.2, -0.15) is 5.26 Å². The zero-order chi connectivity index (χ0) is 17.5. The number of fused-ring (bicyclic) bond motifs is 1. The average Bonchev–Trinajstić information content (AvgIpc) is 2.87. The van der Waals surface area contributed by atoms with Crippen LogP contribution in [0.4, 0.5) is 4.79 Å². The van der Waals surface area contributed by atoms with Crippen molar-refractivity contribution in [3.8, 4) is 6.07 Å². The molecular formula is C18H22N6O. The van der Waals surface area contributed by atoms with Crippen LogP contribution >= 0.6 is 0 Å². The van der Waals surface area contributed by atoms with Gasteiger partial charge in [0.2, 0.25) is 0 Å². The van der Waals surface area contributed by atoms with Crippen LogP contribution in [0.15, 0.2) is 24.3 Å². The van der Waals surface area contributed by atoms with Crippen LogP contribution in [-0.4, -0.2) is 27.3 Å². The van der Waals surface area contributed by atoms with Gasteiger partial charge in [-0.15, -0.1) is 10.2 Å². The third-order valence-corrected chi connectivity index (χ3v) is 4.33. The normalized spacial score (nSPS) is 13.4. The molecule has 1 aromatic heterocycles. The summed E-state index contributed by atoms with van der Waals surface area (Å²) in [6.07, 6.45) is 5.23. The van der Waals surface area contributed by atoms with Gasteiger partial charge in [0.1, 0.15) is 11.6 Å². The summed E-state index contributed by atoms with van der Waals surface area (Å²) >= 11 is 0. The van der Waals surface area contributed by atoms with E-state index in [1.165, 1.54) is 12.8 Å². The Morgan fingerprint density at radius 2 is 2.16 bits per heavy atom. The molecule has 25 heavy (non-hydrogen) atoms. The van der Waals surface area contributed by atoms with Crippen molar-refractivity contribution in [2.24, 2.45) is 0 Å². The summed E-state index contributed by atoms with van der Waals surface area (Å²) in [6.45, 7) is 1.88. The van der Waals surface area contributed by atoms with Crippen molar-refractivity contribution < 1.29 is 4.79 Å². The second kappa shape index (κ2) is 8.29. The first-order valence-corrected chi connectivity index (χ1v) is 8.68. The van der Waals surface area contributed by atoms with Gasteiger partial charge in [0.15, 0.2) is 0 Å². The molecular weight excluding hydrogens is 316 g/mol. The van der Waals surface area contributed by atoms with Crippen molar-refractivity contribution in [2.75, 3.05) is 6.54 Å². The summed E-state index contributed by atoms with van der Waals surface area (Å²) in [6, 6.07) is 9.07. The predicted molar refractivity (Wildman–Crippen MR) is 92.7 cm³/mol. The lowest BCUT2D eigenvalue weighted by Gasteiger charge is -2.09. The summed E-state index contributed by atoms with van der Waals surface area (Å²) in [4.78, 5) is 11.9. The van der Waals surface area contributed by atoms with E-state index in [1.54, 1.807) is 12.1 Å². The molecule has 0 bridgehead atoms. The molecule has 7 heteroatoms. The topological polar surface area (TPSA) is 95.6 Å². The second-order valence-corrected chi connectivity index (χ2v) is 6.17. The monoisotopic (exact) mass is 338 g/mol. The minimum Gasteiger partial charge on any atom is -0.338 e. The largest absolute Gasteiger partial charge is 0.338 e. The van der Waals surface area contributed by atoms with Gasteiger partial charge >= 0.3 is 6.03 Å². The quantitative estimate of drug-likeness (QED) is 0.870. The summed E-state index contributed by atoms with van der Waals surface area (Å²) in [5.41, 5.74) is 1.49. The number of nitrogens with one attached hydrogen (secondary N) is 2. The van der Waals surface area contributed by atoms with E-state index in [9.17, 15) is 4.79 Å². The van der Waals surface area contributed by atoms with Gasteiger partial charge in [-0.25, -0.2) is 4.79 Å². The molecule has 0 spiro atoms. The third-order valence-electron chi connectivity index (χ3n) is 4.33. The second-order valence-electron chi connectivity index (χ2n) is 6.17. The van der Waals surface area contributed by atoms with Gasteiger partial charge < -0.3 is 15.2 Å². The highest BCUT2D eigenvalue weighted by atomic mass is 16.2. The number of aromatic nitrogens is 3. The molecule has 1 aromatic carbocycles. The highest BCUT2D eigenvalue weighted by Gasteiger charge is 2.14. The molecule has 3 rings (SSSR count). The molecule has 0 aliphatic carbocycles. The fraction of sp³-hybridized carbons (Fsp3) is 0.444. The van der Waals surface area contributed by atoms with Crippen LogP contribution in [0, 0.1) is 11.3 Å². The van der Waals surface area contributed by atoms with Crippen molar-refractivity contribution in [1.82, 2.24) is 25.4 Å². The minimum atomic E-state index is -0.224. The van der Waals surface area contributed by atoms with Gasteiger partial charge in [-0.3, -0.25) is 0 Å². The van der Waals surface area contributed by atoms with Gasteiger partial charge in [-0.1, -0.05) is 18.6 Å². The standard InChI is InChI=1S/C18H22N6O/c19-12-14-5-4-6-15(11-14)13-21-18(25)20-9-8-17-23-22-16-7-2-1-3-10-24(16)17/h4-6,11H,1-3,7-10,13H2,(H2,20,21,25). The van der Waals surface area contributed by atoms with E-state index in [-0.39, 0.29) is 6.03 Å². The first-order valence-electron chi connectivity index (χ1n) is 8.68. The lowest BCUT2D eigenvalue weighted by Crippen LogP contribution is -2.36. The number of carbonyl (C=O) groups is 1. The Balaban J connectivity index is 1.44. The molecule has 0 fully saturated rings. The molecule has 0 radical (unpaired) electrons. The maximum atomic E-state index is 11.9. The molecule has 2 N–H and O–H groups in total. The van der Waals surface area contributed by atoms with E-state index in [0.29, 0.717) is 25.1 Å². The molecule has 2 heterocycles. The summed E-state index contributed by atoms with van der Waals surface area (Å²) in [5.74, 6) is 2.01. The highest BCUT2D eigenvalue weighted by molar-refractivity contribution is 5.73. The van der Waals surface area contributed by atoms with Gasteiger partial charge in [-0.05, 0) is 30.5 Å². The highest BCUT2D eigenvalue weighted by Crippen LogP contribution is 2.14. The molecule has 7 nitrogen and oxygen atoms in total. The number of urea groups is 1. The van der Waals surface area contributed by atoms with Crippen LogP contribution in [0.3, 0.4) is 0 Å². The Labute approximate surface area is 147 Å². The van der Waals surface area contributed by atoms with E-state index in [1.807, 2.05) is 12.1 Å². The Bertz CT molecular complexity index is 776. The Morgan fingerprint density at radius 3 is 3.04 bits per heavy atom. The zero-order valence-electron chi connectivity index (χ0n) is 14.2. The molecule has 1 aliphatic heterocycles. The summed E-state index contributed by atoms with van der Waals surface area (Å²) in [7, 11) is 0. The zero-order valence-corrected chi connectivity index (χ0v) is 14.2. The third kappa shape index (κ3) is 4.57. The number of nitrogens with zero attached hydrogens (tertiary/aromatic N) is 4. The van der Waals surface area contributed by atoms with E-state index in [2.05, 4.69) is 31.5 Å². The number of hydrogen-bond donors (Lipinski definition) is 2. The minimum absolute atomic E-state index is 0.224. The Kier molecular flexibility index (Phi) is 5.62. The van der Waals surface area contributed by atoms with Crippen LogP contribution in [0.1, 0.15) is 42.0 Å². The molecule has 0 saturated heterocycles. The number of benzene rings is 1. The van der Waals surface area contributed by atoms with Crippen molar-refractivity contribution in [3.05, 3.63) is 47.0 Å². The molecule has 130 valence electrons. The van der Waals surface area contributed by atoms with Gasteiger partial charge in [0.05, 0.1) is 11.6 Å². The Morgan fingerprint density at radius 1 is 1.24 bits per heavy atom. The summed E-state index contributed by atoms with van der Waals surface area (Å²) in [5, 5.41) is 23.1. The van der Waals surface area contributed by atoms with E-state index in [4.69, 9.17) is 5.26 Å². The van der Waals surface area contributed by atoms with Crippen molar-refractivity contribution in [2.45, 2.75) is 45.2 Å². The van der Waals surface area contributed by atoms with Gasteiger partial charge in [0.25, 0.3) is 0 Å². The molecule has 0 atom stereocenters. The van der Waals surface area contributed by atoms with Gasteiger partial charge in [0, 0.05) is 32.5 Å². The van der Waals surface area contributed by atoms with Crippen LogP contribution < -0.4 is 10.6 Å². The van der Waals surface area contributed by atoms with E-state index in [0.717, 1.165) is 36.6 Å². The number of carbonyl (C=O) groups excluding carboxylic acids is 1. The fourth-order valence-electron chi connectivity index (χ4n) is 3.01. The average molecular weight is 338 g/mol. The molecule has 1 aliphatic rings. The molecule has 0 unspecified atom stereocenters. The maximum absolute atomic E-state index is 11.9. The summed E-state index contributed by atoms with van der Waals surface area (Å²) < 4.78 is 2.19. The smallest absolute Gasteiger partial charge is 0.315 e. The lowest BCUT2D eigenvalue weighted by atomic mass is 10.1. The maximum Gasteiger partial charge on any atom is 0.315 e. The molecule has 0 saturated carbocycles. The first kappa shape index (κ1) is 17.0. The van der Waals surface area contributed by atoms with Crippen LogP contribution in [0.25, 0.3) is 0 Å². The number of nitriles is 1. The van der Waals surface area contributed by atoms with Crippen LogP contribution in [0.5, 0.6) is 0 Å². The van der Waals surface area contributed by atoms with Crippen LogP contribution in [0.2, 0.25) is 0 Å². The number of amides is 2. The van der Waals surface area contributed by atoms with Crippen LogP contribution in [-0.2, 0) is 25.9 Å². The van der Waals surface area contributed by atoms with Crippen molar-refractivity contribution in [3.63, 3.8) is 0 Å². The SMILES string of the molecule is N#Cc1cccc(CNC(=O)NCCc2nnc3n2CCCCC3)c1. The first-order chi connectivity index (χ1) is 12.3. The lowest BCUT2D eigenvalue weighted by molar-refractivity contribution is 0.240. The molecule has 2 aromatic rings. The Hall–Kier alpha value is -2.88. The predicted octanol–water partition coefficient (Wildman–Crippen LogP) is 1.92. The van der Waals surface area contributed by atoms with E-state index >= 15 is 0 Å². The number of aryl methyl sites for hydroxylation is 1. The number of hydrogen-bond acceptors (Lipinski definition) is 4. The van der Waals surface area contributed by atoms with E-state index < -0.39 is 0 Å². The number of rotatable bonds is 5.